The van der Waals surface area contributed by atoms with Crippen LogP contribution in [0.25, 0.3) is 15.9 Å². The molecule has 0 saturated carbocycles. The fraction of sp³-hybridized carbons (Fsp3) is 0.300. The lowest BCUT2D eigenvalue weighted by Crippen LogP contribution is -2.35. The van der Waals surface area contributed by atoms with Crippen molar-refractivity contribution in [3.05, 3.63) is 54.0 Å². The van der Waals surface area contributed by atoms with Crippen LogP contribution >= 0.6 is 11.3 Å². The zero-order chi connectivity index (χ0) is 18.4. The first kappa shape index (κ1) is 16.5. The molecular weight excluding hydrogens is 358 g/mol. The molecule has 1 aliphatic rings. The lowest BCUT2D eigenvalue weighted by atomic mass is 10.1. The van der Waals surface area contributed by atoms with Gasteiger partial charge in [0.1, 0.15) is 5.65 Å². The molecule has 0 unspecified atom stereocenters. The van der Waals surface area contributed by atoms with Crippen LogP contribution in [0.4, 0.5) is 10.8 Å². The number of nitrogens with zero attached hydrogens (tertiary/aromatic N) is 4. The minimum Gasteiger partial charge on any atom is -0.393 e. The Bertz CT molecular complexity index is 1110. The van der Waals surface area contributed by atoms with E-state index in [1.165, 1.54) is 22.6 Å². The number of piperidine rings is 1. The highest BCUT2D eigenvalue weighted by molar-refractivity contribution is 7.22. The maximum atomic E-state index is 9.70. The molecule has 138 valence electrons. The second-order valence-corrected chi connectivity index (χ2v) is 8.17. The molecule has 0 bridgehead atoms. The summed E-state index contributed by atoms with van der Waals surface area (Å²) in [6, 6.07) is 10.6. The molecule has 3 aromatic heterocycles. The van der Waals surface area contributed by atoms with E-state index in [0.29, 0.717) is 5.13 Å². The first-order valence-electron chi connectivity index (χ1n) is 9.20. The molecule has 0 atom stereocenters. The summed E-state index contributed by atoms with van der Waals surface area (Å²) in [5, 5.41) is 10.3. The summed E-state index contributed by atoms with van der Waals surface area (Å²) >= 11 is 1.52. The lowest BCUT2D eigenvalue weighted by Gasteiger charge is -2.31. The normalized spacial score (nSPS) is 15.8. The SMILES string of the molecule is Nc1nc2ccc(Cc3cnc4cc(N5CCC(O)CC5)ccn34)cc2s1. The Hall–Kier alpha value is -2.64. The molecule has 7 heteroatoms. The second-order valence-electron chi connectivity index (χ2n) is 7.11. The third-order valence-corrected chi connectivity index (χ3v) is 6.11. The molecule has 0 amide bonds. The van der Waals surface area contributed by atoms with Gasteiger partial charge in [0.05, 0.1) is 16.3 Å². The van der Waals surface area contributed by atoms with Crippen LogP contribution in [0, 0.1) is 0 Å². The number of hydrogen-bond acceptors (Lipinski definition) is 6. The average molecular weight is 379 g/mol. The minimum atomic E-state index is -0.158. The Morgan fingerprint density at radius 1 is 1.19 bits per heavy atom. The molecule has 5 rings (SSSR count). The third-order valence-electron chi connectivity index (χ3n) is 5.26. The number of aliphatic hydroxyl groups is 1. The van der Waals surface area contributed by atoms with E-state index in [2.05, 4.69) is 49.7 Å². The smallest absolute Gasteiger partial charge is 0.181 e. The van der Waals surface area contributed by atoms with E-state index in [1.807, 2.05) is 12.3 Å². The zero-order valence-corrected chi connectivity index (χ0v) is 15.7. The van der Waals surface area contributed by atoms with Crippen LogP contribution < -0.4 is 10.6 Å². The maximum Gasteiger partial charge on any atom is 0.181 e. The van der Waals surface area contributed by atoms with Crippen molar-refractivity contribution in [2.75, 3.05) is 23.7 Å². The van der Waals surface area contributed by atoms with Crippen LogP contribution in [0.5, 0.6) is 0 Å². The van der Waals surface area contributed by atoms with Crippen LogP contribution in [0.2, 0.25) is 0 Å². The summed E-state index contributed by atoms with van der Waals surface area (Å²) < 4.78 is 3.27. The zero-order valence-electron chi connectivity index (χ0n) is 14.9. The average Bonchev–Trinajstić information content (AvgIpc) is 3.24. The van der Waals surface area contributed by atoms with Gasteiger partial charge in [0.25, 0.3) is 0 Å². The fourth-order valence-electron chi connectivity index (χ4n) is 3.78. The number of hydrogen-bond donors (Lipinski definition) is 2. The van der Waals surface area contributed by atoms with Gasteiger partial charge >= 0.3 is 0 Å². The Morgan fingerprint density at radius 2 is 2.04 bits per heavy atom. The molecule has 6 nitrogen and oxygen atoms in total. The standard InChI is InChI=1S/C20H21N5OS/c21-20-23-17-2-1-13(10-18(17)27-20)9-15-12-22-19-11-14(3-8-25(15)19)24-6-4-16(26)5-7-24/h1-3,8,10-12,16,26H,4-7,9H2,(H2,21,23). The van der Waals surface area contributed by atoms with Gasteiger partial charge in [-0.2, -0.15) is 0 Å². The fourth-order valence-corrected chi connectivity index (χ4v) is 4.58. The lowest BCUT2D eigenvalue weighted by molar-refractivity contribution is 0.145. The summed E-state index contributed by atoms with van der Waals surface area (Å²) in [5.41, 5.74) is 11.3. The number of imidazole rings is 1. The van der Waals surface area contributed by atoms with Gasteiger partial charge in [-0.15, -0.1) is 0 Å². The van der Waals surface area contributed by atoms with Crippen molar-refractivity contribution in [2.45, 2.75) is 25.4 Å². The summed E-state index contributed by atoms with van der Waals surface area (Å²) in [4.78, 5) is 11.2. The number of aromatic nitrogens is 3. The summed E-state index contributed by atoms with van der Waals surface area (Å²) in [6.45, 7) is 1.78. The minimum absolute atomic E-state index is 0.158. The molecule has 1 saturated heterocycles. The van der Waals surface area contributed by atoms with Crippen molar-refractivity contribution in [3.8, 4) is 0 Å². The van der Waals surface area contributed by atoms with Gasteiger partial charge in [-0.3, -0.25) is 0 Å². The van der Waals surface area contributed by atoms with Crippen LogP contribution in [-0.2, 0) is 6.42 Å². The number of pyridine rings is 1. The second kappa shape index (κ2) is 6.51. The van der Waals surface area contributed by atoms with Gasteiger partial charge in [0, 0.05) is 49.4 Å². The molecule has 1 fully saturated rings. The van der Waals surface area contributed by atoms with Gasteiger partial charge in [-0.05, 0) is 36.6 Å². The van der Waals surface area contributed by atoms with Gasteiger partial charge in [0.15, 0.2) is 5.13 Å². The number of aliphatic hydroxyl groups excluding tert-OH is 1. The van der Waals surface area contributed by atoms with Crippen LogP contribution in [0.1, 0.15) is 24.1 Å². The van der Waals surface area contributed by atoms with E-state index in [4.69, 9.17) is 5.73 Å². The van der Waals surface area contributed by atoms with E-state index in [1.54, 1.807) is 0 Å². The van der Waals surface area contributed by atoms with Crippen molar-refractivity contribution >= 4 is 38.0 Å². The predicted molar refractivity (Wildman–Crippen MR) is 109 cm³/mol. The van der Waals surface area contributed by atoms with Crippen molar-refractivity contribution in [2.24, 2.45) is 0 Å². The van der Waals surface area contributed by atoms with Gasteiger partial charge < -0.3 is 20.1 Å². The molecule has 0 aliphatic carbocycles. The highest BCUT2D eigenvalue weighted by atomic mass is 32.1. The van der Waals surface area contributed by atoms with Gasteiger partial charge in [0.2, 0.25) is 0 Å². The molecule has 4 heterocycles. The van der Waals surface area contributed by atoms with Gasteiger partial charge in [-0.1, -0.05) is 17.4 Å². The summed E-state index contributed by atoms with van der Waals surface area (Å²) in [5.74, 6) is 0. The quantitative estimate of drug-likeness (QED) is 0.572. The van der Waals surface area contributed by atoms with E-state index >= 15 is 0 Å². The summed E-state index contributed by atoms with van der Waals surface area (Å²) in [7, 11) is 0. The Morgan fingerprint density at radius 3 is 2.89 bits per heavy atom. The molecular formula is C20H21N5OS. The molecule has 0 spiro atoms. The maximum absolute atomic E-state index is 9.70. The number of nitrogen functional groups attached to an aromatic ring is 1. The number of benzene rings is 1. The molecule has 4 aromatic rings. The van der Waals surface area contributed by atoms with Crippen LogP contribution in [0.15, 0.2) is 42.7 Å². The van der Waals surface area contributed by atoms with Crippen molar-refractivity contribution in [1.29, 1.82) is 0 Å². The van der Waals surface area contributed by atoms with Crippen molar-refractivity contribution < 1.29 is 5.11 Å². The largest absolute Gasteiger partial charge is 0.393 e. The number of nitrogens with two attached hydrogens (primary N) is 1. The van der Waals surface area contributed by atoms with E-state index in [9.17, 15) is 5.11 Å². The number of anilines is 2. The Balaban J connectivity index is 1.41. The molecule has 0 radical (unpaired) electrons. The van der Waals surface area contributed by atoms with Crippen LogP contribution in [-0.4, -0.2) is 38.7 Å². The van der Waals surface area contributed by atoms with Crippen LogP contribution in [0.3, 0.4) is 0 Å². The van der Waals surface area contributed by atoms with Gasteiger partial charge in [-0.25, -0.2) is 9.97 Å². The van der Waals surface area contributed by atoms with Crippen molar-refractivity contribution in [1.82, 2.24) is 14.4 Å². The Labute approximate surface area is 160 Å². The first-order chi connectivity index (χ1) is 13.2. The number of thiazole rings is 1. The molecule has 27 heavy (non-hydrogen) atoms. The Kier molecular flexibility index (Phi) is 3.98. The summed E-state index contributed by atoms with van der Waals surface area (Å²) in [6.07, 6.45) is 6.36. The molecule has 1 aromatic carbocycles. The van der Waals surface area contributed by atoms with E-state index < -0.39 is 0 Å². The van der Waals surface area contributed by atoms with E-state index in [-0.39, 0.29) is 6.10 Å². The highest BCUT2D eigenvalue weighted by Gasteiger charge is 2.18. The molecule has 1 aliphatic heterocycles. The molecule has 3 N–H and O–H groups in total. The predicted octanol–water partition coefficient (Wildman–Crippen LogP) is 3.08. The van der Waals surface area contributed by atoms with E-state index in [0.717, 1.165) is 53.9 Å². The number of fused-ring (bicyclic) bond motifs is 2. The third kappa shape index (κ3) is 3.13. The first-order valence-corrected chi connectivity index (χ1v) is 10.0. The monoisotopic (exact) mass is 379 g/mol. The number of rotatable bonds is 3. The van der Waals surface area contributed by atoms with Crippen molar-refractivity contribution in [3.63, 3.8) is 0 Å². The topological polar surface area (TPSA) is 79.7 Å². The highest BCUT2D eigenvalue weighted by Crippen LogP contribution is 2.26.